The molecular weight excluding hydrogens is 520 g/mol. The van der Waals surface area contributed by atoms with Gasteiger partial charge in [0, 0.05) is 18.0 Å². The van der Waals surface area contributed by atoms with Gasteiger partial charge in [0.2, 0.25) is 5.91 Å². The number of thiophene rings is 1. The number of benzene rings is 2. The van der Waals surface area contributed by atoms with Gasteiger partial charge in [-0.1, -0.05) is 75.0 Å². The number of anilines is 1. The summed E-state index contributed by atoms with van der Waals surface area (Å²) in [5.74, 6) is 0.731. The zero-order chi connectivity index (χ0) is 27.3. The summed E-state index contributed by atoms with van der Waals surface area (Å²) in [7, 11) is 3.16. The molecular formula is C28H30N4O4S2. The van der Waals surface area contributed by atoms with Gasteiger partial charge in [-0.2, -0.15) is 0 Å². The molecule has 0 radical (unpaired) electrons. The van der Waals surface area contributed by atoms with Gasteiger partial charge < -0.3 is 19.4 Å². The average molecular weight is 551 g/mol. The Morgan fingerprint density at radius 2 is 1.76 bits per heavy atom. The molecule has 1 amide bonds. The van der Waals surface area contributed by atoms with Crippen LogP contribution < -0.4 is 10.1 Å². The third kappa shape index (κ3) is 6.43. The van der Waals surface area contributed by atoms with E-state index in [0.29, 0.717) is 21.5 Å². The number of carbonyl (C=O) groups is 2. The van der Waals surface area contributed by atoms with Crippen LogP contribution in [0.25, 0.3) is 11.1 Å². The van der Waals surface area contributed by atoms with E-state index in [0.717, 1.165) is 16.9 Å². The van der Waals surface area contributed by atoms with Crippen LogP contribution in [0.3, 0.4) is 0 Å². The van der Waals surface area contributed by atoms with Gasteiger partial charge in [-0.05, 0) is 28.7 Å². The third-order valence-corrected chi connectivity index (χ3v) is 7.78. The molecule has 10 heteroatoms. The largest absolute Gasteiger partial charge is 0.486 e. The molecule has 0 aliphatic rings. The average Bonchev–Trinajstić information content (AvgIpc) is 3.49. The number of aromatic nitrogens is 3. The molecule has 0 saturated heterocycles. The molecule has 38 heavy (non-hydrogen) atoms. The second kappa shape index (κ2) is 11.8. The van der Waals surface area contributed by atoms with Crippen LogP contribution in [0.15, 0.2) is 65.1 Å². The highest BCUT2D eigenvalue weighted by Crippen LogP contribution is 2.36. The standard InChI is InChI=1S/C28H30N4O4S2/c1-28(2,3)19-11-13-20(14-12-19)36-15-22-30-31-27(32(22)4)38-17-23(33)29-25-24(26(34)35-5)21(16-37-25)18-9-7-6-8-10-18/h6-14,16H,15,17H2,1-5H3,(H,29,33). The zero-order valence-corrected chi connectivity index (χ0v) is 23.6. The van der Waals surface area contributed by atoms with Crippen LogP contribution in [0.1, 0.15) is 42.5 Å². The van der Waals surface area contributed by atoms with E-state index < -0.39 is 5.97 Å². The Labute approximate surface area is 230 Å². The lowest BCUT2D eigenvalue weighted by atomic mass is 9.87. The summed E-state index contributed by atoms with van der Waals surface area (Å²) in [6.45, 7) is 6.76. The number of rotatable bonds is 9. The number of amides is 1. The fourth-order valence-electron chi connectivity index (χ4n) is 3.67. The Bertz CT molecular complexity index is 1410. The predicted molar refractivity (Wildman–Crippen MR) is 151 cm³/mol. The molecule has 0 aliphatic carbocycles. The number of hydrogen-bond acceptors (Lipinski definition) is 8. The number of hydrogen-bond donors (Lipinski definition) is 1. The van der Waals surface area contributed by atoms with Crippen molar-refractivity contribution in [1.29, 1.82) is 0 Å². The van der Waals surface area contributed by atoms with Crippen molar-refractivity contribution in [2.75, 3.05) is 18.2 Å². The number of carbonyl (C=O) groups excluding carboxylic acids is 2. The van der Waals surface area contributed by atoms with Crippen LogP contribution in [0.5, 0.6) is 5.75 Å². The van der Waals surface area contributed by atoms with Crippen molar-refractivity contribution in [1.82, 2.24) is 14.8 Å². The van der Waals surface area contributed by atoms with Gasteiger partial charge in [-0.15, -0.1) is 21.5 Å². The van der Waals surface area contributed by atoms with Crippen molar-refractivity contribution in [3.8, 4) is 16.9 Å². The van der Waals surface area contributed by atoms with E-state index in [2.05, 4.69) is 48.4 Å². The van der Waals surface area contributed by atoms with Gasteiger partial charge in [0.1, 0.15) is 22.9 Å². The SMILES string of the molecule is COC(=O)c1c(-c2ccccc2)csc1NC(=O)CSc1nnc(COc2ccc(C(C)(C)C)cc2)n1C. The van der Waals surface area contributed by atoms with E-state index in [4.69, 9.17) is 9.47 Å². The summed E-state index contributed by atoms with van der Waals surface area (Å²) in [5.41, 5.74) is 3.25. The van der Waals surface area contributed by atoms with Crippen molar-refractivity contribution in [3.05, 3.63) is 76.9 Å². The van der Waals surface area contributed by atoms with Gasteiger partial charge in [-0.25, -0.2) is 4.79 Å². The van der Waals surface area contributed by atoms with Gasteiger partial charge >= 0.3 is 5.97 Å². The van der Waals surface area contributed by atoms with Crippen molar-refractivity contribution >= 4 is 40.0 Å². The number of esters is 1. The highest BCUT2D eigenvalue weighted by Gasteiger charge is 2.22. The smallest absolute Gasteiger partial charge is 0.341 e. The molecule has 0 spiro atoms. The van der Waals surface area contributed by atoms with Crippen molar-refractivity contribution < 1.29 is 19.1 Å². The van der Waals surface area contributed by atoms with Crippen LogP contribution in [-0.4, -0.2) is 39.5 Å². The van der Waals surface area contributed by atoms with Crippen molar-refractivity contribution in [3.63, 3.8) is 0 Å². The molecule has 0 unspecified atom stereocenters. The number of methoxy groups -OCH3 is 1. The van der Waals surface area contributed by atoms with Crippen LogP contribution >= 0.6 is 23.1 Å². The van der Waals surface area contributed by atoms with E-state index in [-0.39, 0.29) is 23.7 Å². The summed E-state index contributed by atoms with van der Waals surface area (Å²) >= 11 is 2.54. The molecule has 2 aromatic carbocycles. The Morgan fingerprint density at radius 3 is 2.42 bits per heavy atom. The maximum atomic E-state index is 12.8. The molecule has 0 bridgehead atoms. The Balaban J connectivity index is 1.36. The van der Waals surface area contributed by atoms with Crippen LogP contribution in [-0.2, 0) is 28.6 Å². The number of ether oxygens (including phenoxy) is 2. The first-order chi connectivity index (χ1) is 18.2. The van der Waals surface area contributed by atoms with Crippen LogP contribution in [0.2, 0.25) is 0 Å². The van der Waals surface area contributed by atoms with Crippen LogP contribution in [0.4, 0.5) is 5.00 Å². The molecule has 4 aromatic rings. The first-order valence-electron chi connectivity index (χ1n) is 12.0. The molecule has 2 heterocycles. The number of thioether (sulfide) groups is 1. The van der Waals surface area contributed by atoms with Gasteiger partial charge in [0.15, 0.2) is 11.0 Å². The molecule has 198 valence electrons. The lowest BCUT2D eigenvalue weighted by molar-refractivity contribution is -0.113. The molecule has 0 saturated carbocycles. The Morgan fingerprint density at radius 1 is 1.05 bits per heavy atom. The maximum absolute atomic E-state index is 12.8. The molecule has 1 N–H and O–H groups in total. The normalized spacial score (nSPS) is 11.3. The molecule has 0 fully saturated rings. The van der Waals surface area contributed by atoms with E-state index in [1.165, 1.54) is 35.8 Å². The van der Waals surface area contributed by atoms with E-state index in [1.54, 1.807) is 4.57 Å². The minimum absolute atomic E-state index is 0.0785. The Kier molecular flexibility index (Phi) is 8.53. The zero-order valence-electron chi connectivity index (χ0n) is 22.0. The quantitative estimate of drug-likeness (QED) is 0.204. The van der Waals surface area contributed by atoms with E-state index in [9.17, 15) is 9.59 Å². The summed E-state index contributed by atoms with van der Waals surface area (Å²) in [5, 5.41) is 14.1. The van der Waals surface area contributed by atoms with Crippen molar-refractivity contribution in [2.24, 2.45) is 7.05 Å². The fraction of sp³-hybridized carbons (Fsp3) is 0.286. The number of nitrogens with one attached hydrogen (secondary N) is 1. The predicted octanol–water partition coefficient (Wildman–Crippen LogP) is 5.94. The topological polar surface area (TPSA) is 95.3 Å². The number of nitrogens with zero attached hydrogens (tertiary/aromatic N) is 3. The molecule has 4 rings (SSSR count). The Hall–Kier alpha value is -3.63. The highest BCUT2D eigenvalue weighted by molar-refractivity contribution is 7.99. The van der Waals surface area contributed by atoms with Crippen LogP contribution in [0, 0.1) is 0 Å². The molecule has 0 aliphatic heterocycles. The molecule has 0 atom stereocenters. The summed E-state index contributed by atoms with van der Waals surface area (Å²) in [6.07, 6.45) is 0. The minimum atomic E-state index is -0.501. The summed E-state index contributed by atoms with van der Waals surface area (Å²) < 4.78 is 12.7. The fourth-order valence-corrected chi connectivity index (χ4v) is 5.38. The second-order valence-corrected chi connectivity index (χ2v) is 11.4. The van der Waals surface area contributed by atoms with Gasteiger partial charge in [0.25, 0.3) is 0 Å². The maximum Gasteiger partial charge on any atom is 0.341 e. The lowest BCUT2D eigenvalue weighted by Crippen LogP contribution is -2.16. The lowest BCUT2D eigenvalue weighted by Gasteiger charge is -2.19. The first kappa shape index (κ1) is 27.4. The van der Waals surface area contributed by atoms with Gasteiger partial charge in [-0.3, -0.25) is 4.79 Å². The molecule has 2 aromatic heterocycles. The van der Waals surface area contributed by atoms with Crippen molar-refractivity contribution in [2.45, 2.75) is 37.9 Å². The molecule has 8 nitrogen and oxygen atoms in total. The second-order valence-electron chi connectivity index (χ2n) is 9.57. The van der Waals surface area contributed by atoms with E-state index in [1.807, 2.05) is 54.9 Å². The highest BCUT2D eigenvalue weighted by atomic mass is 32.2. The monoisotopic (exact) mass is 550 g/mol. The summed E-state index contributed by atoms with van der Waals surface area (Å²) in [6, 6.07) is 17.5. The van der Waals surface area contributed by atoms with E-state index >= 15 is 0 Å². The summed E-state index contributed by atoms with van der Waals surface area (Å²) in [4.78, 5) is 25.3. The third-order valence-electron chi connectivity index (χ3n) is 5.86. The van der Waals surface area contributed by atoms with Gasteiger partial charge in [0.05, 0.1) is 12.9 Å². The minimum Gasteiger partial charge on any atom is -0.486 e. The first-order valence-corrected chi connectivity index (χ1v) is 13.8.